The van der Waals surface area contributed by atoms with Crippen molar-refractivity contribution in [2.75, 3.05) is 0 Å². The number of aromatic nitrogens is 1. The fourth-order valence-corrected chi connectivity index (χ4v) is 0.838. The average molecular weight is 149 g/mol. The van der Waals surface area contributed by atoms with E-state index < -0.39 is 0 Å². The molecule has 2 nitrogen and oxygen atoms in total. The van der Waals surface area contributed by atoms with E-state index in [1.165, 1.54) is 0 Å². The molecule has 0 radical (unpaired) electrons. The quantitative estimate of drug-likeness (QED) is 0.613. The van der Waals surface area contributed by atoms with E-state index in [4.69, 9.17) is 4.52 Å². The Kier molecular flexibility index (Phi) is 2.66. The van der Waals surface area contributed by atoms with Crippen molar-refractivity contribution in [3.05, 3.63) is 42.8 Å². The van der Waals surface area contributed by atoms with Gasteiger partial charge in [0, 0.05) is 18.9 Å². The lowest BCUT2D eigenvalue weighted by Gasteiger charge is -1.80. The summed E-state index contributed by atoms with van der Waals surface area (Å²) in [6.45, 7) is 7.21. The highest BCUT2D eigenvalue weighted by atomic mass is 16.5. The zero-order valence-electron chi connectivity index (χ0n) is 6.42. The van der Waals surface area contributed by atoms with Crippen molar-refractivity contribution in [3.8, 4) is 0 Å². The summed E-state index contributed by atoms with van der Waals surface area (Å²) in [5.74, 6) is 0.858. The van der Waals surface area contributed by atoms with Gasteiger partial charge in [-0.1, -0.05) is 17.3 Å². The van der Waals surface area contributed by atoms with Gasteiger partial charge in [0.05, 0.1) is 5.69 Å². The van der Waals surface area contributed by atoms with Gasteiger partial charge in [0.25, 0.3) is 0 Å². The number of nitrogens with zero attached hydrogens (tertiary/aromatic N) is 1. The van der Waals surface area contributed by atoms with Crippen LogP contribution in [-0.2, 0) is 12.8 Å². The maximum absolute atomic E-state index is 4.99. The number of rotatable bonds is 4. The van der Waals surface area contributed by atoms with E-state index in [9.17, 15) is 0 Å². The molecule has 0 bridgehead atoms. The van der Waals surface area contributed by atoms with Gasteiger partial charge < -0.3 is 4.52 Å². The third-order valence-corrected chi connectivity index (χ3v) is 1.31. The normalized spacial score (nSPS) is 9.45. The van der Waals surface area contributed by atoms with Crippen molar-refractivity contribution in [2.24, 2.45) is 0 Å². The summed E-state index contributed by atoms with van der Waals surface area (Å²) >= 11 is 0. The predicted molar refractivity (Wildman–Crippen MR) is 44.3 cm³/mol. The van der Waals surface area contributed by atoms with Crippen LogP contribution in [0.15, 0.2) is 35.9 Å². The van der Waals surface area contributed by atoms with Crippen LogP contribution >= 0.6 is 0 Å². The highest BCUT2D eigenvalue weighted by Crippen LogP contribution is 2.05. The maximum atomic E-state index is 4.99. The fraction of sp³-hybridized carbons (Fsp3) is 0.222. The molecule has 58 valence electrons. The SMILES string of the molecule is C=CCc1cc(CC=C)on1. The molecule has 1 aromatic heterocycles. The number of hydrogen-bond acceptors (Lipinski definition) is 2. The van der Waals surface area contributed by atoms with E-state index >= 15 is 0 Å². The Bertz CT molecular complexity index is 225. The maximum Gasteiger partial charge on any atom is 0.140 e. The highest BCUT2D eigenvalue weighted by molar-refractivity contribution is 5.10. The fourth-order valence-electron chi connectivity index (χ4n) is 0.838. The van der Waals surface area contributed by atoms with Gasteiger partial charge >= 0.3 is 0 Å². The first-order chi connectivity index (χ1) is 5.36. The smallest absolute Gasteiger partial charge is 0.140 e. The second-order valence-corrected chi connectivity index (χ2v) is 2.27. The molecule has 0 amide bonds. The summed E-state index contributed by atoms with van der Waals surface area (Å²) in [5, 5.41) is 3.83. The van der Waals surface area contributed by atoms with Crippen molar-refractivity contribution in [2.45, 2.75) is 12.8 Å². The molecule has 1 aromatic rings. The minimum absolute atomic E-state index is 0.740. The molecule has 0 saturated heterocycles. The van der Waals surface area contributed by atoms with Crippen molar-refractivity contribution < 1.29 is 4.52 Å². The number of hydrogen-bond donors (Lipinski definition) is 0. The Labute approximate surface area is 66.2 Å². The van der Waals surface area contributed by atoms with Gasteiger partial charge in [0.2, 0.25) is 0 Å². The first kappa shape index (κ1) is 7.79. The molecular formula is C9H11NO. The zero-order chi connectivity index (χ0) is 8.10. The van der Waals surface area contributed by atoms with Crippen LogP contribution in [0.1, 0.15) is 11.5 Å². The molecule has 0 aliphatic heterocycles. The first-order valence-electron chi connectivity index (χ1n) is 3.53. The minimum atomic E-state index is 0.740. The molecule has 0 unspecified atom stereocenters. The predicted octanol–water partition coefficient (Wildman–Crippen LogP) is 2.13. The molecule has 2 heteroatoms. The molecule has 11 heavy (non-hydrogen) atoms. The Morgan fingerprint density at radius 2 is 2.09 bits per heavy atom. The molecule has 0 spiro atoms. The molecule has 0 aromatic carbocycles. The average Bonchev–Trinajstić information content (AvgIpc) is 2.38. The van der Waals surface area contributed by atoms with E-state index in [0.29, 0.717) is 0 Å². The van der Waals surface area contributed by atoms with E-state index in [-0.39, 0.29) is 0 Å². The topological polar surface area (TPSA) is 26.0 Å². The van der Waals surface area contributed by atoms with Gasteiger partial charge in [0.15, 0.2) is 0 Å². The lowest BCUT2D eigenvalue weighted by Crippen LogP contribution is -1.76. The van der Waals surface area contributed by atoms with Crippen molar-refractivity contribution in [1.82, 2.24) is 5.16 Å². The molecule has 1 rings (SSSR count). The van der Waals surface area contributed by atoms with Gasteiger partial charge in [-0.05, 0) is 0 Å². The van der Waals surface area contributed by atoms with Crippen LogP contribution in [0.2, 0.25) is 0 Å². The summed E-state index contributed by atoms with van der Waals surface area (Å²) in [5.41, 5.74) is 0.928. The molecule has 0 aliphatic rings. The summed E-state index contributed by atoms with van der Waals surface area (Å²) < 4.78 is 4.99. The Balaban J connectivity index is 2.64. The van der Waals surface area contributed by atoms with Gasteiger partial charge in [-0.15, -0.1) is 13.2 Å². The van der Waals surface area contributed by atoms with Gasteiger partial charge in [-0.3, -0.25) is 0 Å². The summed E-state index contributed by atoms with van der Waals surface area (Å²) in [4.78, 5) is 0. The molecule has 0 aliphatic carbocycles. The second kappa shape index (κ2) is 3.76. The van der Waals surface area contributed by atoms with E-state index in [2.05, 4.69) is 18.3 Å². The van der Waals surface area contributed by atoms with Gasteiger partial charge in [0.1, 0.15) is 5.76 Å². The third kappa shape index (κ3) is 2.08. The van der Waals surface area contributed by atoms with Gasteiger partial charge in [-0.2, -0.15) is 0 Å². The van der Waals surface area contributed by atoms with Crippen LogP contribution in [0.25, 0.3) is 0 Å². The molecule has 0 fully saturated rings. The van der Waals surface area contributed by atoms with E-state index in [1.54, 1.807) is 12.2 Å². The van der Waals surface area contributed by atoms with Crippen LogP contribution in [0.4, 0.5) is 0 Å². The van der Waals surface area contributed by atoms with Crippen LogP contribution in [0.3, 0.4) is 0 Å². The van der Waals surface area contributed by atoms with Crippen LogP contribution in [0, 0.1) is 0 Å². The first-order valence-corrected chi connectivity index (χ1v) is 3.53. The Morgan fingerprint density at radius 1 is 1.36 bits per heavy atom. The third-order valence-electron chi connectivity index (χ3n) is 1.31. The molecule has 1 heterocycles. The molecular weight excluding hydrogens is 138 g/mol. The van der Waals surface area contributed by atoms with Crippen LogP contribution in [0.5, 0.6) is 0 Å². The largest absolute Gasteiger partial charge is 0.361 e. The summed E-state index contributed by atoms with van der Waals surface area (Å²) in [7, 11) is 0. The summed E-state index contributed by atoms with van der Waals surface area (Å²) in [6.07, 6.45) is 5.10. The van der Waals surface area contributed by atoms with E-state index in [1.807, 2.05) is 6.07 Å². The van der Waals surface area contributed by atoms with Crippen molar-refractivity contribution >= 4 is 0 Å². The lowest BCUT2D eigenvalue weighted by atomic mass is 10.2. The molecule has 0 N–H and O–H groups in total. The summed E-state index contributed by atoms with van der Waals surface area (Å²) in [6, 6.07) is 1.92. The Morgan fingerprint density at radius 3 is 2.73 bits per heavy atom. The van der Waals surface area contributed by atoms with Crippen LogP contribution in [-0.4, -0.2) is 5.16 Å². The standard InChI is InChI=1S/C9H11NO/c1-3-5-8-7-9(6-4-2)11-10-8/h3-4,7H,1-2,5-6H2. The zero-order valence-corrected chi connectivity index (χ0v) is 6.42. The van der Waals surface area contributed by atoms with Crippen LogP contribution < -0.4 is 0 Å². The van der Waals surface area contributed by atoms with Gasteiger partial charge in [-0.25, -0.2) is 0 Å². The lowest BCUT2D eigenvalue weighted by molar-refractivity contribution is 0.385. The Hall–Kier alpha value is -1.31. The molecule has 0 atom stereocenters. The second-order valence-electron chi connectivity index (χ2n) is 2.27. The molecule has 0 saturated carbocycles. The highest BCUT2D eigenvalue weighted by Gasteiger charge is 1.99. The number of allylic oxidation sites excluding steroid dienone is 2. The monoisotopic (exact) mass is 149 g/mol. The van der Waals surface area contributed by atoms with Crippen molar-refractivity contribution in [1.29, 1.82) is 0 Å². The van der Waals surface area contributed by atoms with Crippen molar-refractivity contribution in [3.63, 3.8) is 0 Å². The van der Waals surface area contributed by atoms with E-state index in [0.717, 1.165) is 24.3 Å². The minimum Gasteiger partial charge on any atom is -0.361 e.